The van der Waals surface area contributed by atoms with Gasteiger partial charge >= 0.3 is 0 Å². The Bertz CT molecular complexity index is 175. The van der Waals surface area contributed by atoms with Crippen LogP contribution in [0.3, 0.4) is 0 Å². The predicted octanol–water partition coefficient (Wildman–Crippen LogP) is 2.62. The molecule has 84 valence electrons. The monoisotopic (exact) mass is 199 g/mol. The molecule has 0 aromatic carbocycles. The second-order valence-corrected chi connectivity index (χ2v) is 4.92. The van der Waals surface area contributed by atoms with E-state index in [2.05, 4.69) is 26.1 Å². The van der Waals surface area contributed by atoms with Crippen LogP contribution < -0.4 is 5.32 Å². The Balaban J connectivity index is 3.93. The van der Waals surface area contributed by atoms with Crippen molar-refractivity contribution in [1.82, 2.24) is 5.32 Å². The number of rotatable bonds is 6. The van der Waals surface area contributed by atoms with Gasteiger partial charge in [0.2, 0.25) is 0 Å². The van der Waals surface area contributed by atoms with Gasteiger partial charge in [-0.3, -0.25) is 4.79 Å². The number of carbonyl (C=O) groups excluding carboxylic acids is 1. The zero-order valence-corrected chi connectivity index (χ0v) is 10.4. The van der Waals surface area contributed by atoms with Crippen molar-refractivity contribution in [3.63, 3.8) is 0 Å². The van der Waals surface area contributed by atoms with Gasteiger partial charge in [0.05, 0.1) is 0 Å². The van der Waals surface area contributed by atoms with Gasteiger partial charge in [0.1, 0.15) is 5.78 Å². The quantitative estimate of drug-likeness (QED) is 0.712. The fraction of sp³-hybridized carbons (Fsp3) is 0.917. The second kappa shape index (κ2) is 6.18. The standard InChI is InChI=1S/C12H25NO/c1-8(2)12(14)10(5)7-11(6)13-9(3)4/h8-11,13H,7H2,1-6H3. The summed E-state index contributed by atoms with van der Waals surface area (Å²) in [5.74, 6) is 0.718. The fourth-order valence-electron chi connectivity index (χ4n) is 1.85. The van der Waals surface area contributed by atoms with Crippen molar-refractivity contribution in [2.24, 2.45) is 11.8 Å². The predicted molar refractivity (Wildman–Crippen MR) is 61.4 cm³/mol. The van der Waals surface area contributed by atoms with E-state index in [-0.39, 0.29) is 11.8 Å². The molecule has 0 aliphatic carbocycles. The van der Waals surface area contributed by atoms with Crippen LogP contribution in [0.1, 0.15) is 48.0 Å². The van der Waals surface area contributed by atoms with Crippen LogP contribution in [0.4, 0.5) is 0 Å². The number of carbonyl (C=O) groups is 1. The first-order chi connectivity index (χ1) is 6.34. The molecule has 0 rings (SSSR count). The highest BCUT2D eigenvalue weighted by molar-refractivity contribution is 5.82. The molecule has 0 saturated carbocycles. The van der Waals surface area contributed by atoms with Gasteiger partial charge in [-0.2, -0.15) is 0 Å². The Morgan fingerprint density at radius 2 is 1.57 bits per heavy atom. The summed E-state index contributed by atoms with van der Waals surface area (Å²) in [6, 6.07) is 0.916. The van der Waals surface area contributed by atoms with Crippen LogP contribution in [-0.4, -0.2) is 17.9 Å². The van der Waals surface area contributed by atoms with Crippen molar-refractivity contribution in [1.29, 1.82) is 0 Å². The van der Waals surface area contributed by atoms with Crippen LogP contribution in [0, 0.1) is 11.8 Å². The molecule has 0 fully saturated rings. The van der Waals surface area contributed by atoms with Crippen molar-refractivity contribution in [3.8, 4) is 0 Å². The van der Waals surface area contributed by atoms with Crippen LogP contribution in [0.25, 0.3) is 0 Å². The third kappa shape index (κ3) is 5.38. The molecule has 0 radical (unpaired) electrons. The van der Waals surface area contributed by atoms with Crippen molar-refractivity contribution in [2.75, 3.05) is 0 Å². The highest BCUT2D eigenvalue weighted by Gasteiger charge is 2.18. The summed E-state index contributed by atoms with van der Waals surface area (Å²) in [4.78, 5) is 11.6. The summed E-state index contributed by atoms with van der Waals surface area (Å²) < 4.78 is 0. The number of ketones is 1. The molecule has 0 spiro atoms. The van der Waals surface area contributed by atoms with Crippen LogP contribution in [0.2, 0.25) is 0 Å². The number of nitrogens with one attached hydrogen (secondary N) is 1. The largest absolute Gasteiger partial charge is 0.312 e. The van der Waals surface area contributed by atoms with Crippen molar-refractivity contribution in [2.45, 2.75) is 60.0 Å². The highest BCUT2D eigenvalue weighted by Crippen LogP contribution is 2.12. The molecule has 0 aliphatic rings. The Morgan fingerprint density at radius 1 is 1.07 bits per heavy atom. The summed E-state index contributed by atoms with van der Waals surface area (Å²) in [6.07, 6.45) is 0.940. The first-order valence-corrected chi connectivity index (χ1v) is 5.64. The Morgan fingerprint density at radius 3 is 1.93 bits per heavy atom. The lowest BCUT2D eigenvalue weighted by molar-refractivity contribution is -0.125. The Hall–Kier alpha value is -0.370. The lowest BCUT2D eigenvalue weighted by Crippen LogP contribution is -2.35. The molecule has 0 saturated heterocycles. The molecule has 2 unspecified atom stereocenters. The molecule has 2 heteroatoms. The average molecular weight is 199 g/mol. The molecule has 0 aromatic rings. The third-order valence-electron chi connectivity index (χ3n) is 2.38. The molecule has 0 bridgehead atoms. The number of hydrogen-bond donors (Lipinski definition) is 1. The maximum atomic E-state index is 11.6. The molecule has 0 aromatic heterocycles. The summed E-state index contributed by atoms with van der Waals surface area (Å²) >= 11 is 0. The number of hydrogen-bond acceptors (Lipinski definition) is 2. The zero-order valence-electron chi connectivity index (χ0n) is 10.4. The van der Waals surface area contributed by atoms with E-state index in [0.717, 1.165) is 6.42 Å². The van der Waals surface area contributed by atoms with Gasteiger partial charge in [0.25, 0.3) is 0 Å². The molecule has 14 heavy (non-hydrogen) atoms. The molecular weight excluding hydrogens is 174 g/mol. The molecule has 0 aliphatic heterocycles. The third-order valence-corrected chi connectivity index (χ3v) is 2.38. The summed E-state index contributed by atoms with van der Waals surface area (Å²) in [6.45, 7) is 12.4. The SMILES string of the molecule is CC(C)NC(C)CC(C)C(=O)C(C)C. The maximum Gasteiger partial charge on any atom is 0.138 e. The summed E-state index contributed by atoms with van der Waals surface area (Å²) in [7, 11) is 0. The minimum atomic E-state index is 0.163. The van der Waals surface area contributed by atoms with Gasteiger partial charge in [-0.05, 0) is 13.3 Å². The first-order valence-electron chi connectivity index (χ1n) is 5.64. The Kier molecular flexibility index (Phi) is 6.01. The lowest BCUT2D eigenvalue weighted by atomic mass is 9.91. The van der Waals surface area contributed by atoms with Crippen molar-refractivity contribution in [3.05, 3.63) is 0 Å². The molecular formula is C12H25NO. The maximum absolute atomic E-state index is 11.6. The topological polar surface area (TPSA) is 29.1 Å². The minimum Gasteiger partial charge on any atom is -0.312 e. The molecule has 2 atom stereocenters. The summed E-state index contributed by atoms with van der Waals surface area (Å²) in [5, 5.41) is 3.42. The summed E-state index contributed by atoms with van der Waals surface area (Å²) in [5.41, 5.74) is 0. The van der Waals surface area contributed by atoms with E-state index >= 15 is 0 Å². The molecule has 0 heterocycles. The first kappa shape index (κ1) is 13.6. The van der Waals surface area contributed by atoms with Crippen LogP contribution in [0.15, 0.2) is 0 Å². The van der Waals surface area contributed by atoms with Gasteiger partial charge in [0, 0.05) is 23.9 Å². The molecule has 1 N–H and O–H groups in total. The lowest BCUT2D eigenvalue weighted by Gasteiger charge is -2.21. The van der Waals surface area contributed by atoms with E-state index in [4.69, 9.17) is 0 Å². The fourth-order valence-corrected chi connectivity index (χ4v) is 1.85. The average Bonchev–Trinajstić information content (AvgIpc) is 2.00. The smallest absolute Gasteiger partial charge is 0.138 e. The van der Waals surface area contributed by atoms with Gasteiger partial charge < -0.3 is 5.32 Å². The zero-order chi connectivity index (χ0) is 11.3. The van der Waals surface area contributed by atoms with Gasteiger partial charge in [-0.1, -0.05) is 34.6 Å². The Labute approximate surface area is 88.5 Å². The van der Waals surface area contributed by atoms with E-state index in [1.54, 1.807) is 0 Å². The van der Waals surface area contributed by atoms with Crippen LogP contribution >= 0.6 is 0 Å². The van der Waals surface area contributed by atoms with Crippen LogP contribution in [0.5, 0.6) is 0 Å². The normalized spacial score (nSPS) is 16.0. The van der Waals surface area contributed by atoms with Crippen molar-refractivity contribution >= 4 is 5.78 Å². The van der Waals surface area contributed by atoms with E-state index in [1.807, 2.05) is 20.8 Å². The van der Waals surface area contributed by atoms with E-state index in [1.165, 1.54) is 0 Å². The van der Waals surface area contributed by atoms with E-state index < -0.39 is 0 Å². The van der Waals surface area contributed by atoms with E-state index in [9.17, 15) is 4.79 Å². The second-order valence-electron chi connectivity index (χ2n) is 4.92. The van der Waals surface area contributed by atoms with Gasteiger partial charge in [-0.25, -0.2) is 0 Å². The van der Waals surface area contributed by atoms with Gasteiger partial charge in [0.15, 0.2) is 0 Å². The molecule has 0 amide bonds. The van der Waals surface area contributed by atoms with Crippen molar-refractivity contribution < 1.29 is 4.79 Å². The van der Waals surface area contributed by atoms with Gasteiger partial charge in [-0.15, -0.1) is 0 Å². The minimum absolute atomic E-state index is 0.163. The van der Waals surface area contributed by atoms with Crippen LogP contribution in [-0.2, 0) is 4.79 Å². The number of Topliss-reactive ketones (excluding diaryl/α,β-unsaturated/α-hetero) is 1. The molecule has 2 nitrogen and oxygen atoms in total. The highest BCUT2D eigenvalue weighted by atomic mass is 16.1. The van der Waals surface area contributed by atoms with E-state index in [0.29, 0.717) is 17.9 Å².